The number of rotatable bonds is 8. The minimum absolute atomic E-state index is 0.524. The maximum atomic E-state index is 13.7. The maximum Gasteiger partial charge on any atom is 0.419 e. The third-order valence-electron chi connectivity index (χ3n) is 7.10. The van der Waals surface area contributed by atoms with Crippen molar-refractivity contribution in [2.75, 3.05) is 0 Å². The molecule has 2 aromatic carbocycles. The van der Waals surface area contributed by atoms with E-state index in [0.717, 1.165) is 29.5 Å². The van der Waals surface area contributed by atoms with Gasteiger partial charge in [-0.05, 0) is 85.1 Å². The van der Waals surface area contributed by atoms with Gasteiger partial charge in [0.15, 0.2) is 0 Å². The lowest BCUT2D eigenvalue weighted by Crippen LogP contribution is -2.14. The average molecular weight is 435 g/mol. The van der Waals surface area contributed by atoms with Gasteiger partial charge in [0, 0.05) is 0 Å². The molecule has 1 unspecified atom stereocenters. The summed E-state index contributed by atoms with van der Waals surface area (Å²) in [5.74, 6) is 1.16. The highest BCUT2D eigenvalue weighted by Gasteiger charge is 2.33. The van der Waals surface area contributed by atoms with Crippen LogP contribution in [0.1, 0.15) is 87.0 Å². The van der Waals surface area contributed by atoms with Gasteiger partial charge in [-0.3, -0.25) is 0 Å². The van der Waals surface area contributed by atoms with Crippen LogP contribution in [-0.2, 0) is 19.0 Å². The summed E-state index contributed by atoms with van der Waals surface area (Å²) >= 11 is 0. The molecule has 0 bridgehead atoms. The third-order valence-corrected chi connectivity index (χ3v) is 7.10. The van der Waals surface area contributed by atoms with E-state index >= 15 is 0 Å². The topological polar surface area (TPSA) is 0 Å². The smallest absolute Gasteiger partial charge is 0.206 e. The fourth-order valence-electron chi connectivity index (χ4n) is 4.70. The largest absolute Gasteiger partial charge is 0.419 e. The first-order valence-electron chi connectivity index (χ1n) is 11.7. The highest BCUT2D eigenvalue weighted by molar-refractivity contribution is 5.29. The summed E-state index contributed by atoms with van der Waals surface area (Å²) in [6.45, 7) is 4.62. The predicted molar refractivity (Wildman–Crippen MR) is 119 cm³/mol. The van der Waals surface area contributed by atoms with Crippen molar-refractivity contribution in [1.82, 2.24) is 0 Å². The normalized spacial score (nSPS) is 20.6. The van der Waals surface area contributed by atoms with E-state index in [1.165, 1.54) is 56.6 Å². The second kappa shape index (κ2) is 10.7. The van der Waals surface area contributed by atoms with Crippen LogP contribution in [0.25, 0.3) is 0 Å². The Morgan fingerprint density at radius 2 is 1.52 bits per heavy atom. The Balaban J connectivity index is 1.48. The molecular formula is C27H34F4. The van der Waals surface area contributed by atoms with E-state index in [-0.39, 0.29) is 0 Å². The highest BCUT2D eigenvalue weighted by atomic mass is 19.4. The molecule has 0 nitrogen and oxygen atoms in total. The van der Waals surface area contributed by atoms with Gasteiger partial charge in [-0.15, -0.1) is 0 Å². The maximum absolute atomic E-state index is 13.7. The molecule has 1 fully saturated rings. The van der Waals surface area contributed by atoms with Crippen LogP contribution in [0.4, 0.5) is 17.6 Å². The van der Waals surface area contributed by atoms with Crippen molar-refractivity contribution < 1.29 is 17.6 Å². The van der Waals surface area contributed by atoms with E-state index in [0.29, 0.717) is 24.3 Å². The van der Waals surface area contributed by atoms with Crippen LogP contribution in [0.5, 0.6) is 0 Å². The minimum Gasteiger partial charge on any atom is -0.206 e. The lowest BCUT2D eigenvalue weighted by Gasteiger charge is -2.29. The van der Waals surface area contributed by atoms with Crippen LogP contribution >= 0.6 is 0 Å². The molecule has 1 atom stereocenters. The van der Waals surface area contributed by atoms with Crippen molar-refractivity contribution in [2.45, 2.75) is 83.7 Å². The quantitative estimate of drug-likeness (QED) is 0.364. The van der Waals surface area contributed by atoms with Crippen molar-refractivity contribution in [3.63, 3.8) is 0 Å². The Morgan fingerprint density at radius 3 is 2.10 bits per heavy atom. The third kappa shape index (κ3) is 6.82. The Kier molecular flexibility index (Phi) is 8.18. The second-order valence-electron chi connectivity index (χ2n) is 9.36. The van der Waals surface area contributed by atoms with E-state index in [2.05, 4.69) is 38.1 Å². The van der Waals surface area contributed by atoms with Gasteiger partial charge in [0.05, 0.1) is 5.56 Å². The number of alkyl halides is 3. The van der Waals surface area contributed by atoms with E-state index in [1.54, 1.807) is 0 Å². The fourth-order valence-corrected chi connectivity index (χ4v) is 4.70. The zero-order valence-electron chi connectivity index (χ0n) is 18.6. The summed E-state index contributed by atoms with van der Waals surface area (Å²) in [5, 5.41) is 0. The van der Waals surface area contributed by atoms with Crippen LogP contribution < -0.4 is 0 Å². The SMILES string of the molecule is CCC(C)CCC1CCC(c2ccc(CCc3ccc(C(F)(F)F)c(F)c3)cc2)CC1. The molecule has 0 saturated heterocycles. The number of hydrogen-bond acceptors (Lipinski definition) is 0. The molecule has 170 valence electrons. The summed E-state index contributed by atoms with van der Waals surface area (Å²) < 4.78 is 51.8. The molecule has 0 amide bonds. The molecule has 1 saturated carbocycles. The first-order chi connectivity index (χ1) is 14.8. The number of benzene rings is 2. The molecule has 1 aliphatic carbocycles. The van der Waals surface area contributed by atoms with E-state index in [9.17, 15) is 17.6 Å². The molecule has 0 radical (unpaired) electrons. The van der Waals surface area contributed by atoms with Gasteiger partial charge in [0.2, 0.25) is 0 Å². The number of aryl methyl sites for hydroxylation is 2. The van der Waals surface area contributed by atoms with Crippen LogP contribution in [0.2, 0.25) is 0 Å². The van der Waals surface area contributed by atoms with Crippen LogP contribution in [-0.4, -0.2) is 0 Å². The summed E-state index contributed by atoms with van der Waals surface area (Å²) in [6.07, 6.45) is 5.72. The van der Waals surface area contributed by atoms with Gasteiger partial charge in [-0.25, -0.2) is 4.39 Å². The molecule has 0 aromatic heterocycles. The first-order valence-corrected chi connectivity index (χ1v) is 11.7. The van der Waals surface area contributed by atoms with E-state index in [1.807, 2.05) is 0 Å². The van der Waals surface area contributed by atoms with Crippen molar-refractivity contribution in [3.8, 4) is 0 Å². The Labute approximate surface area is 184 Å². The van der Waals surface area contributed by atoms with Crippen molar-refractivity contribution in [1.29, 1.82) is 0 Å². The molecule has 4 heteroatoms. The fraction of sp³-hybridized carbons (Fsp3) is 0.556. The molecule has 0 N–H and O–H groups in total. The molecule has 2 aromatic rings. The highest BCUT2D eigenvalue weighted by Crippen LogP contribution is 2.38. The monoisotopic (exact) mass is 434 g/mol. The zero-order chi connectivity index (χ0) is 22.4. The molecule has 0 heterocycles. The van der Waals surface area contributed by atoms with Crippen LogP contribution in [0.3, 0.4) is 0 Å². The molecular weight excluding hydrogens is 400 g/mol. The first kappa shape index (κ1) is 23.8. The van der Waals surface area contributed by atoms with Crippen LogP contribution in [0.15, 0.2) is 42.5 Å². The van der Waals surface area contributed by atoms with Gasteiger partial charge < -0.3 is 0 Å². The average Bonchev–Trinajstić information content (AvgIpc) is 2.76. The van der Waals surface area contributed by atoms with Gasteiger partial charge in [-0.1, -0.05) is 63.4 Å². The van der Waals surface area contributed by atoms with Crippen molar-refractivity contribution in [2.24, 2.45) is 11.8 Å². The molecule has 1 aliphatic rings. The Morgan fingerprint density at radius 1 is 0.903 bits per heavy atom. The van der Waals surface area contributed by atoms with Gasteiger partial charge in [0.25, 0.3) is 0 Å². The summed E-state index contributed by atoms with van der Waals surface area (Å²) in [6, 6.07) is 11.9. The number of hydrogen-bond donors (Lipinski definition) is 0. The molecule has 31 heavy (non-hydrogen) atoms. The lowest BCUT2D eigenvalue weighted by atomic mass is 9.76. The predicted octanol–water partition coefficient (Wildman–Crippen LogP) is 8.73. The minimum atomic E-state index is -4.65. The summed E-state index contributed by atoms with van der Waals surface area (Å²) in [4.78, 5) is 0. The van der Waals surface area contributed by atoms with E-state index < -0.39 is 17.6 Å². The second-order valence-corrected chi connectivity index (χ2v) is 9.36. The molecule has 3 rings (SSSR count). The van der Waals surface area contributed by atoms with E-state index in [4.69, 9.17) is 0 Å². The van der Waals surface area contributed by atoms with Gasteiger partial charge >= 0.3 is 6.18 Å². The summed E-state index contributed by atoms with van der Waals surface area (Å²) in [5.41, 5.74) is 1.91. The molecule has 0 aliphatic heterocycles. The summed E-state index contributed by atoms with van der Waals surface area (Å²) in [7, 11) is 0. The van der Waals surface area contributed by atoms with Crippen molar-refractivity contribution >= 4 is 0 Å². The van der Waals surface area contributed by atoms with Crippen LogP contribution in [0, 0.1) is 17.7 Å². The molecule has 0 spiro atoms. The van der Waals surface area contributed by atoms with Gasteiger partial charge in [-0.2, -0.15) is 13.2 Å². The standard InChI is InChI=1S/C27H34F4/c1-3-19(2)4-5-20-8-13-23(14-9-20)24-15-10-21(11-16-24)6-7-22-12-17-25(26(28)18-22)27(29,30)31/h10-12,15-20,23H,3-9,13-14H2,1-2H3. The van der Waals surface area contributed by atoms with Gasteiger partial charge in [0.1, 0.15) is 5.82 Å². The Bertz CT molecular complexity index is 814. The zero-order valence-corrected chi connectivity index (χ0v) is 18.6. The Hall–Kier alpha value is -1.84. The van der Waals surface area contributed by atoms with Crippen molar-refractivity contribution in [3.05, 3.63) is 70.5 Å². The lowest BCUT2D eigenvalue weighted by molar-refractivity contribution is -0.140. The number of halogens is 4.